The van der Waals surface area contributed by atoms with E-state index in [-0.39, 0.29) is 17.9 Å². The number of likely N-dealkylation sites (N-methyl/N-ethyl adjacent to an activating group) is 1. The third-order valence-electron chi connectivity index (χ3n) is 8.43. The van der Waals surface area contributed by atoms with Gasteiger partial charge in [0.05, 0.1) is 25.6 Å². The van der Waals surface area contributed by atoms with Gasteiger partial charge in [-0.15, -0.1) is 5.75 Å². The molecule has 4 nitrogen and oxygen atoms in total. The minimum Gasteiger partial charge on any atom is -0.872 e. The molecule has 2 heterocycles. The van der Waals surface area contributed by atoms with E-state index in [0.29, 0.717) is 6.42 Å². The zero-order valence-electron chi connectivity index (χ0n) is 15.5. The first-order chi connectivity index (χ1) is 12.4. The van der Waals surface area contributed by atoms with E-state index in [1.54, 1.807) is 6.07 Å². The van der Waals surface area contributed by atoms with Crippen molar-refractivity contribution in [3.8, 4) is 11.5 Å². The van der Waals surface area contributed by atoms with E-state index in [1.165, 1.54) is 12.8 Å². The highest BCUT2D eigenvalue weighted by Gasteiger charge is 2.75. The number of aliphatic hydroxyl groups is 1. The van der Waals surface area contributed by atoms with Crippen molar-refractivity contribution in [3.05, 3.63) is 35.4 Å². The van der Waals surface area contributed by atoms with Crippen molar-refractivity contribution in [1.82, 2.24) is 0 Å². The summed E-state index contributed by atoms with van der Waals surface area (Å²) in [6, 6.07) is 3.58. The Bertz CT molecular complexity index is 846. The summed E-state index contributed by atoms with van der Waals surface area (Å²) in [5.74, 6) is 1.74. The second kappa shape index (κ2) is 4.48. The van der Waals surface area contributed by atoms with Crippen LogP contribution >= 0.6 is 0 Å². The second-order valence-electron chi connectivity index (χ2n) is 9.77. The van der Waals surface area contributed by atoms with Crippen molar-refractivity contribution in [1.29, 1.82) is 0 Å². The number of hydrogen-bond donors (Lipinski definition) is 1. The SMILES string of the molecule is C=C1CC[C@@]2(O)[C@@H]3Cc4c([O-])ccc5c4[C@]2(CC[N@+]3(C)CC2CC2)C1O5. The van der Waals surface area contributed by atoms with Gasteiger partial charge in [0, 0.05) is 24.3 Å². The van der Waals surface area contributed by atoms with Gasteiger partial charge in [-0.1, -0.05) is 12.6 Å². The maximum Gasteiger partial charge on any atom is 0.133 e. The average Bonchev–Trinajstić information content (AvgIpc) is 3.33. The molecule has 1 aromatic carbocycles. The van der Waals surface area contributed by atoms with Crippen molar-refractivity contribution in [3.63, 3.8) is 0 Å². The van der Waals surface area contributed by atoms with E-state index in [2.05, 4.69) is 13.6 Å². The Balaban J connectivity index is 1.61. The molecule has 1 spiro atoms. The van der Waals surface area contributed by atoms with E-state index < -0.39 is 11.0 Å². The zero-order chi connectivity index (χ0) is 17.9. The Kier molecular flexibility index (Phi) is 2.67. The molecule has 1 N–H and O–H groups in total. The maximum absolute atomic E-state index is 12.8. The summed E-state index contributed by atoms with van der Waals surface area (Å²) < 4.78 is 7.28. The Labute approximate surface area is 154 Å². The van der Waals surface area contributed by atoms with Crippen LogP contribution in [0.3, 0.4) is 0 Å². The van der Waals surface area contributed by atoms with Gasteiger partial charge in [0.25, 0.3) is 0 Å². The summed E-state index contributed by atoms with van der Waals surface area (Å²) >= 11 is 0. The highest BCUT2D eigenvalue weighted by molar-refractivity contribution is 5.62. The van der Waals surface area contributed by atoms with E-state index >= 15 is 0 Å². The minimum atomic E-state index is -0.799. The van der Waals surface area contributed by atoms with Crippen LogP contribution in [0.15, 0.2) is 24.3 Å². The smallest absolute Gasteiger partial charge is 0.133 e. The van der Waals surface area contributed by atoms with Crippen LogP contribution in [0.2, 0.25) is 0 Å². The average molecular weight is 353 g/mol. The normalized spacial score (nSPS) is 45.2. The van der Waals surface area contributed by atoms with Gasteiger partial charge in [0.1, 0.15) is 23.5 Å². The molecule has 3 aliphatic carbocycles. The summed E-state index contributed by atoms with van der Waals surface area (Å²) in [4.78, 5) is 0. The van der Waals surface area contributed by atoms with E-state index in [1.807, 2.05) is 6.07 Å². The molecule has 1 aromatic rings. The minimum absolute atomic E-state index is 0.0876. The van der Waals surface area contributed by atoms with Gasteiger partial charge < -0.3 is 19.4 Å². The van der Waals surface area contributed by atoms with Crippen LogP contribution in [0, 0.1) is 5.92 Å². The molecule has 26 heavy (non-hydrogen) atoms. The van der Waals surface area contributed by atoms with Crippen LogP contribution in [0.1, 0.15) is 43.2 Å². The lowest BCUT2D eigenvalue weighted by Crippen LogP contribution is -2.80. The van der Waals surface area contributed by atoms with Crippen LogP contribution < -0.4 is 9.84 Å². The molecule has 0 amide bonds. The summed E-state index contributed by atoms with van der Waals surface area (Å²) in [7, 11) is 2.32. The van der Waals surface area contributed by atoms with Gasteiger partial charge in [0.2, 0.25) is 0 Å². The van der Waals surface area contributed by atoms with Crippen molar-refractivity contribution in [2.45, 2.75) is 61.7 Å². The Morgan fingerprint density at radius 2 is 2.15 bits per heavy atom. The first-order valence-corrected chi connectivity index (χ1v) is 10.1. The predicted molar refractivity (Wildman–Crippen MR) is 96.1 cm³/mol. The van der Waals surface area contributed by atoms with Crippen LogP contribution in [0.4, 0.5) is 0 Å². The fourth-order valence-electron chi connectivity index (χ4n) is 7.07. The van der Waals surface area contributed by atoms with Crippen LogP contribution in [-0.2, 0) is 11.8 Å². The summed E-state index contributed by atoms with van der Waals surface area (Å²) in [5.41, 5.74) is 1.77. The van der Waals surface area contributed by atoms with E-state index in [4.69, 9.17) is 4.74 Å². The highest BCUT2D eigenvalue weighted by Crippen LogP contribution is 2.66. The summed E-state index contributed by atoms with van der Waals surface area (Å²) in [6.45, 7) is 6.49. The lowest BCUT2D eigenvalue weighted by Gasteiger charge is -2.65. The molecule has 0 aromatic heterocycles. The molecule has 2 saturated carbocycles. The molecule has 1 unspecified atom stereocenters. The number of nitrogens with zero attached hydrogens (tertiary/aromatic N) is 1. The van der Waals surface area contributed by atoms with Gasteiger partial charge >= 0.3 is 0 Å². The van der Waals surface area contributed by atoms with Gasteiger partial charge in [-0.2, -0.15) is 0 Å². The van der Waals surface area contributed by atoms with Crippen molar-refractivity contribution < 1.29 is 19.4 Å². The first kappa shape index (κ1) is 15.5. The largest absolute Gasteiger partial charge is 0.872 e. The van der Waals surface area contributed by atoms with Gasteiger partial charge in [-0.3, -0.25) is 0 Å². The fraction of sp³-hybridized carbons (Fsp3) is 0.636. The second-order valence-corrected chi connectivity index (χ2v) is 9.77. The molecule has 3 fully saturated rings. The van der Waals surface area contributed by atoms with Crippen molar-refractivity contribution in [2.75, 3.05) is 20.1 Å². The number of benzene rings is 1. The molecule has 6 rings (SSSR count). The fourth-order valence-corrected chi connectivity index (χ4v) is 7.07. The van der Waals surface area contributed by atoms with Crippen molar-refractivity contribution in [2.24, 2.45) is 5.92 Å². The lowest BCUT2D eigenvalue weighted by molar-refractivity contribution is -0.950. The topological polar surface area (TPSA) is 52.5 Å². The maximum atomic E-state index is 12.8. The molecule has 2 aliphatic heterocycles. The molecule has 2 bridgehead atoms. The predicted octanol–water partition coefficient (Wildman–Crippen LogP) is 2.03. The van der Waals surface area contributed by atoms with Gasteiger partial charge in [-0.05, 0) is 42.9 Å². The molecule has 138 valence electrons. The molecule has 1 saturated heterocycles. The Morgan fingerprint density at radius 1 is 1.35 bits per heavy atom. The Morgan fingerprint density at radius 3 is 2.92 bits per heavy atom. The van der Waals surface area contributed by atoms with Crippen molar-refractivity contribution >= 4 is 0 Å². The Hall–Kier alpha value is -1.52. The number of likely N-dealkylation sites (tertiary alicyclic amines) is 1. The number of rotatable bonds is 2. The highest BCUT2D eigenvalue weighted by atomic mass is 16.5. The number of quaternary nitrogens is 1. The van der Waals surface area contributed by atoms with E-state index in [0.717, 1.165) is 65.2 Å². The third-order valence-corrected chi connectivity index (χ3v) is 8.43. The van der Waals surface area contributed by atoms with E-state index in [9.17, 15) is 10.2 Å². The van der Waals surface area contributed by atoms with Gasteiger partial charge in [-0.25, -0.2) is 0 Å². The molecule has 5 atom stereocenters. The lowest BCUT2D eigenvalue weighted by atomic mass is 9.48. The first-order valence-electron chi connectivity index (χ1n) is 10.1. The number of piperidine rings is 1. The monoisotopic (exact) mass is 353 g/mol. The molecule has 0 radical (unpaired) electrons. The molecular weight excluding hydrogens is 326 g/mol. The zero-order valence-corrected chi connectivity index (χ0v) is 15.5. The summed E-state index contributed by atoms with van der Waals surface area (Å²) in [5, 5.41) is 25.1. The molecule has 4 heteroatoms. The molecular formula is C22H27NO3. The van der Waals surface area contributed by atoms with Crippen LogP contribution in [-0.4, -0.2) is 47.5 Å². The van der Waals surface area contributed by atoms with Gasteiger partial charge in [0.15, 0.2) is 0 Å². The van der Waals surface area contributed by atoms with Crippen LogP contribution in [0.25, 0.3) is 0 Å². The number of hydrogen-bond acceptors (Lipinski definition) is 3. The van der Waals surface area contributed by atoms with Crippen LogP contribution in [0.5, 0.6) is 11.5 Å². The molecule has 5 aliphatic rings. The number of ether oxygens (including phenoxy) is 1. The summed E-state index contributed by atoms with van der Waals surface area (Å²) in [6.07, 6.45) is 5.60. The quantitative estimate of drug-likeness (QED) is 0.654. The standard InChI is InChI=1S/C22H27NO3/c1-13-7-8-22(25)18-11-15-16(24)5-6-17-19(15)21(22,20(13)26-17)9-10-23(18,2)12-14-3-4-14/h5-6,14,18,20,25H,1,3-4,7-12H2,2H3/t18-,20?,21+,22+,23+/m0/s1. The third kappa shape index (κ3) is 1.56.